The Bertz CT molecular complexity index is 5410. The second-order valence-electron chi connectivity index (χ2n) is 26.5. The maximum Gasteiger partial charge on any atom is 0.0731 e. The molecule has 15 aromatic rings. The standard InChI is InChI=1S/C89H62N2/c1-87(2)74-47-19-21-52-79(74)90(55-28-7-5-8-29-55)85-65(42-25-50-77(85)87)59-38-23-40-62-70(59)54-71-60(66-43-26-51-78-86(66)91(56-30-9-6-10-31-56)80-53-22-20-48-75(80)88(78,3)4)39-24-41-63(71)81(62)69-44-27-49-76-82(69)67-36-15-17-45-72(67)89(76)73-46-18-16-37-68(73)83-61-34-13-11-32-57(61)58-33-12-14-35-64(58)84(83)89/h5-54H,1-4H3. The van der Waals surface area contributed by atoms with E-state index in [0.717, 1.165) is 11.4 Å². The largest absolute Gasteiger partial charge is 0.309 e. The van der Waals surface area contributed by atoms with Gasteiger partial charge < -0.3 is 9.80 Å². The van der Waals surface area contributed by atoms with E-state index >= 15 is 0 Å². The van der Waals surface area contributed by atoms with Gasteiger partial charge in [-0.25, -0.2) is 0 Å². The summed E-state index contributed by atoms with van der Waals surface area (Å²) in [6.45, 7) is 9.63. The molecule has 91 heavy (non-hydrogen) atoms. The van der Waals surface area contributed by atoms with Gasteiger partial charge in [0.1, 0.15) is 0 Å². The van der Waals surface area contributed by atoms with Gasteiger partial charge in [-0.3, -0.25) is 0 Å². The zero-order valence-electron chi connectivity index (χ0n) is 51.3. The molecule has 0 bridgehead atoms. The van der Waals surface area contributed by atoms with E-state index in [2.05, 4.69) is 341 Å². The first-order valence-corrected chi connectivity index (χ1v) is 32.2. The second-order valence-corrected chi connectivity index (χ2v) is 26.5. The van der Waals surface area contributed by atoms with E-state index in [4.69, 9.17) is 0 Å². The molecule has 428 valence electrons. The Labute approximate surface area is 531 Å². The topological polar surface area (TPSA) is 6.48 Å². The number of nitrogens with zero attached hydrogens (tertiary/aromatic N) is 2. The summed E-state index contributed by atoms with van der Waals surface area (Å²) in [5.41, 5.74) is 29.0. The summed E-state index contributed by atoms with van der Waals surface area (Å²) in [6, 6.07) is 115. The van der Waals surface area contributed by atoms with Gasteiger partial charge in [0, 0.05) is 33.3 Å². The van der Waals surface area contributed by atoms with Crippen LogP contribution in [0.3, 0.4) is 0 Å². The molecule has 0 N–H and O–H groups in total. The van der Waals surface area contributed by atoms with E-state index in [1.165, 1.54) is 166 Å². The van der Waals surface area contributed by atoms with Crippen LogP contribution in [0.4, 0.5) is 34.1 Å². The third-order valence-electron chi connectivity index (χ3n) is 21.4. The number of hydrogen-bond acceptors (Lipinski definition) is 2. The normalized spacial score (nSPS) is 15.9. The smallest absolute Gasteiger partial charge is 0.0731 e. The first-order valence-electron chi connectivity index (χ1n) is 32.2. The van der Waals surface area contributed by atoms with Crippen LogP contribution in [0.2, 0.25) is 0 Å². The third kappa shape index (κ3) is 6.86. The van der Waals surface area contributed by atoms with Gasteiger partial charge in [0.05, 0.1) is 28.2 Å². The van der Waals surface area contributed by atoms with Crippen molar-refractivity contribution in [1.29, 1.82) is 0 Å². The molecule has 0 saturated carbocycles. The quantitative estimate of drug-likeness (QED) is 0.125. The summed E-state index contributed by atoms with van der Waals surface area (Å²) in [5.74, 6) is 0. The average molecular weight is 1160 g/mol. The molecule has 0 amide bonds. The molecule has 2 heteroatoms. The fourth-order valence-corrected chi connectivity index (χ4v) is 17.6. The van der Waals surface area contributed by atoms with Gasteiger partial charge in [0.2, 0.25) is 0 Å². The van der Waals surface area contributed by atoms with Gasteiger partial charge >= 0.3 is 0 Å². The predicted octanol–water partition coefficient (Wildman–Crippen LogP) is 23.9. The summed E-state index contributed by atoms with van der Waals surface area (Å²) in [7, 11) is 0. The lowest BCUT2D eigenvalue weighted by molar-refractivity contribution is 0.632. The maximum absolute atomic E-state index is 2.57. The second kappa shape index (κ2) is 19.0. The van der Waals surface area contributed by atoms with Crippen LogP contribution in [0.5, 0.6) is 0 Å². The van der Waals surface area contributed by atoms with E-state index < -0.39 is 5.41 Å². The summed E-state index contributed by atoms with van der Waals surface area (Å²) < 4.78 is 0. The number of rotatable bonds is 5. The minimum absolute atomic E-state index is 0.296. The van der Waals surface area contributed by atoms with E-state index in [1.54, 1.807) is 0 Å². The van der Waals surface area contributed by atoms with E-state index in [9.17, 15) is 0 Å². The van der Waals surface area contributed by atoms with Gasteiger partial charge in [0.15, 0.2) is 0 Å². The van der Waals surface area contributed by atoms with Crippen LogP contribution in [0.1, 0.15) is 72.2 Å². The lowest BCUT2D eigenvalue weighted by Gasteiger charge is -2.43. The maximum atomic E-state index is 2.57. The first kappa shape index (κ1) is 51.9. The molecule has 2 heterocycles. The van der Waals surface area contributed by atoms with Crippen molar-refractivity contribution < 1.29 is 0 Å². The predicted molar refractivity (Wildman–Crippen MR) is 383 cm³/mol. The SMILES string of the molecule is CC1(C)c2ccccc2N(c2ccccc2)c2c(-c3cccc4c(-c5cccc6c5-c5ccccc5C65c6ccccc6-c6c5c5ccccc5c5ccccc65)c5cccc(-c6cccc7c6N(c6ccccc6)c6ccccc6C7(C)C)c5cc34)cccc21. The van der Waals surface area contributed by atoms with Crippen molar-refractivity contribution in [2.24, 2.45) is 0 Å². The molecule has 0 radical (unpaired) electrons. The van der Waals surface area contributed by atoms with Gasteiger partial charge in [-0.1, -0.05) is 289 Å². The molecular formula is C89H62N2. The minimum atomic E-state index is -0.617. The molecule has 2 nitrogen and oxygen atoms in total. The van der Waals surface area contributed by atoms with Gasteiger partial charge in [-0.2, -0.15) is 0 Å². The third-order valence-corrected chi connectivity index (χ3v) is 21.4. The fraction of sp³-hybridized carbons (Fsp3) is 0.0787. The number of anilines is 6. The van der Waals surface area contributed by atoms with Crippen LogP contribution in [0, 0.1) is 0 Å². The number of para-hydroxylation sites is 6. The number of fused-ring (bicyclic) bond motifs is 21. The molecule has 1 unspecified atom stereocenters. The minimum Gasteiger partial charge on any atom is -0.309 e. The highest BCUT2D eigenvalue weighted by Gasteiger charge is 2.54. The lowest BCUT2D eigenvalue weighted by atomic mass is 9.69. The van der Waals surface area contributed by atoms with Crippen molar-refractivity contribution in [2.75, 3.05) is 9.80 Å². The zero-order chi connectivity index (χ0) is 60.5. The molecule has 2 aliphatic carbocycles. The average Bonchev–Trinajstić information content (AvgIpc) is 1.52. The zero-order valence-corrected chi connectivity index (χ0v) is 51.3. The Morgan fingerprint density at radius 1 is 0.220 bits per heavy atom. The summed E-state index contributed by atoms with van der Waals surface area (Å²) in [6.07, 6.45) is 0. The first-order chi connectivity index (χ1) is 44.7. The molecule has 2 aliphatic heterocycles. The molecule has 0 aromatic heterocycles. The van der Waals surface area contributed by atoms with Crippen molar-refractivity contribution >= 4 is 77.2 Å². The van der Waals surface area contributed by atoms with Gasteiger partial charge in [0.25, 0.3) is 0 Å². The van der Waals surface area contributed by atoms with E-state index in [0.29, 0.717) is 0 Å². The molecule has 0 fully saturated rings. The van der Waals surface area contributed by atoms with Gasteiger partial charge in [-0.05, 0) is 175 Å². The highest BCUT2D eigenvalue weighted by atomic mass is 15.2. The lowest BCUT2D eigenvalue weighted by Crippen LogP contribution is -2.31. The Hall–Kier alpha value is -11.1. The van der Waals surface area contributed by atoms with Crippen LogP contribution >= 0.6 is 0 Å². The van der Waals surface area contributed by atoms with E-state index in [-0.39, 0.29) is 10.8 Å². The van der Waals surface area contributed by atoms with Crippen molar-refractivity contribution in [3.63, 3.8) is 0 Å². The molecular weight excluding hydrogens is 1100 g/mol. The molecule has 1 atom stereocenters. The van der Waals surface area contributed by atoms with Gasteiger partial charge in [-0.15, -0.1) is 0 Å². The van der Waals surface area contributed by atoms with Crippen LogP contribution in [-0.4, -0.2) is 0 Å². The van der Waals surface area contributed by atoms with Crippen molar-refractivity contribution in [3.05, 3.63) is 348 Å². The summed E-state index contributed by atoms with van der Waals surface area (Å²) in [5, 5.41) is 10.0. The Morgan fingerprint density at radius 3 is 1.09 bits per heavy atom. The van der Waals surface area contributed by atoms with Crippen LogP contribution in [0.15, 0.2) is 303 Å². The Morgan fingerprint density at radius 2 is 0.560 bits per heavy atom. The van der Waals surface area contributed by atoms with Crippen LogP contribution < -0.4 is 9.80 Å². The fourth-order valence-electron chi connectivity index (χ4n) is 17.6. The van der Waals surface area contributed by atoms with E-state index in [1.807, 2.05) is 0 Å². The molecule has 4 aliphatic rings. The summed E-state index contributed by atoms with van der Waals surface area (Å²) in [4.78, 5) is 5.08. The number of hydrogen-bond donors (Lipinski definition) is 0. The van der Waals surface area contributed by atoms with Crippen LogP contribution in [0.25, 0.3) is 98.7 Å². The number of benzene rings is 15. The molecule has 15 aromatic carbocycles. The van der Waals surface area contributed by atoms with Crippen molar-refractivity contribution in [3.8, 4) is 55.6 Å². The van der Waals surface area contributed by atoms with Crippen LogP contribution in [-0.2, 0) is 16.2 Å². The highest BCUT2D eigenvalue weighted by Crippen LogP contribution is 2.67. The highest BCUT2D eigenvalue weighted by molar-refractivity contribution is 6.24. The molecule has 19 rings (SSSR count). The van der Waals surface area contributed by atoms with Crippen molar-refractivity contribution in [2.45, 2.75) is 43.9 Å². The Balaban J connectivity index is 0.957. The van der Waals surface area contributed by atoms with Crippen molar-refractivity contribution in [1.82, 2.24) is 0 Å². The molecule has 1 spiro atoms. The molecule has 0 saturated heterocycles. The Kier molecular flexibility index (Phi) is 10.8. The summed E-state index contributed by atoms with van der Waals surface area (Å²) >= 11 is 0. The monoisotopic (exact) mass is 1160 g/mol.